The Morgan fingerprint density at radius 1 is 1.03 bits per heavy atom. The highest BCUT2D eigenvalue weighted by Gasteiger charge is 2.56. The number of ether oxygens (including phenoxy) is 3. The second-order valence-electron chi connectivity index (χ2n) is 10.0. The fourth-order valence-corrected chi connectivity index (χ4v) is 4.87. The number of halogens is 1. The Hall–Kier alpha value is -3.13. The zero-order valence-electron chi connectivity index (χ0n) is 20.5. The first-order chi connectivity index (χ1) is 16.7. The topological polar surface area (TPSA) is 68.3 Å². The summed E-state index contributed by atoms with van der Waals surface area (Å²) in [7, 11) is 1.60. The van der Waals surface area contributed by atoms with Crippen LogP contribution in [0.2, 0.25) is 0 Å². The number of hydrogen-bond donors (Lipinski definition) is 0. The summed E-state index contributed by atoms with van der Waals surface area (Å²) in [6, 6.07) is 16.1. The van der Waals surface area contributed by atoms with Gasteiger partial charge in [0.05, 0.1) is 18.6 Å². The van der Waals surface area contributed by atoms with E-state index in [1.54, 1.807) is 21.0 Å². The van der Waals surface area contributed by atoms with E-state index >= 15 is 4.39 Å². The van der Waals surface area contributed by atoms with Crippen LogP contribution in [0, 0.1) is 5.41 Å². The highest BCUT2D eigenvalue weighted by Crippen LogP contribution is 2.40. The van der Waals surface area contributed by atoms with E-state index in [4.69, 9.17) is 14.2 Å². The molecule has 2 aromatic carbocycles. The molecule has 7 nitrogen and oxygen atoms in total. The molecule has 8 heteroatoms. The van der Waals surface area contributed by atoms with Crippen molar-refractivity contribution in [1.29, 1.82) is 0 Å². The van der Waals surface area contributed by atoms with E-state index in [1.165, 1.54) is 4.90 Å². The van der Waals surface area contributed by atoms with Gasteiger partial charge in [0.15, 0.2) is 0 Å². The van der Waals surface area contributed by atoms with Crippen LogP contribution in [0.25, 0.3) is 0 Å². The maximum atomic E-state index is 15.7. The van der Waals surface area contributed by atoms with Gasteiger partial charge in [0.1, 0.15) is 24.6 Å². The summed E-state index contributed by atoms with van der Waals surface area (Å²) >= 11 is 0. The Kier molecular flexibility index (Phi) is 7.31. The summed E-state index contributed by atoms with van der Waals surface area (Å²) in [6.07, 6.45) is -0.241. The van der Waals surface area contributed by atoms with Crippen molar-refractivity contribution in [2.24, 2.45) is 5.41 Å². The van der Waals surface area contributed by atoms with E-state index in [1.807, 2.05) is 59.5 Å². The molecule has 0 bridgehead atoms. The summed E-state index contributed by atoms with van der Waals surface area (Å²) in [6.45, 7) is 5.10. The normalized spacial score (nSPS) is 22.1. The molecule has 0 N–H and O–H groups in total. The molecule has 0 aliphatic carbocycles. The fourth-order valence-electron chi connectivity index (χ4n) is 4.87. The third kappa shape index (κ3) is 5.75. The van der Waals surface area contributed by atoms with Crippen molar-refractivity contribution < 1.29 is 28.2 Å². The van der Waals surface area contributed by atoms with Crippen LogP contribution in [0.1, 0.15) is 31.4 Å². The van der Waals surface area contributed by atoms with E-state index < -0.39 is 23.2 Å². The largest absolute Gasteiger partial charge is 0.497 e. The van der Waals surface area contributed by atoms with Gasteiger partial charge in [0.25, 0.3) is 0 Å². The Morgan fingerprint density at radius 2 is 1.69 bits per heavy atom. The predicted octanol–water partition coefficient (Wildman–Crippen LogP) is 4.20. The Labute approximate surface area is 205 Å². The van der Waals surface area contributed by atoms with Crippen molar-refractivity contribution in [2.75, 3.05) is 33.3 Å². The number of likely N-dealkylation sites (tertiary alicyclic amines) is 2. The molecule has 2 aliphatic rings. The van der Waals surface area contributed by atoms with Crippen LogP contribution in [0.15, 0.2) is 54.6 Å². The minimum atomic E-state index is -1.51. The third-order valence-electron chi connectivity index (χ3n) is 6.80. The summed E-state index contributed by atoms with van der Waals surface area (Å²) in [5.41, 5.74) is -0.595. The number of amides is 1. The van der Waals surface area contributed by atoms with E-state index in [2.05, 4.69) is 0 Å². The van der Waals surface area contributed by atoms with Crippen molar-refractivity contribution in [1.82, 2.24) is 9.80 Å². The number of methoxy groups -OCH3 is 1. The van der Waals surface area contributed by atoms with Gasteiger partial charge in [-0.1, -0.05) is 42.5 Å². The van der Waals surface area contributed by atoms with Gasteiger partial charge in [-0.25, -0.2) is 9.18 Å². The molecule has 0 radical (unpaired) electrons. The number of fused-ring (bicyclic) bond motifs is 1. The number of carbonyl (C=O) groups excluding carboxylic acids is 2. The second-order valence-corrected chi connectivity index (χ2v) is 10.0. The van der Waals surface area contributed by atoms with E-state index in [9.17, 15) is 9.59 Å². The summed E-state index contributed by atoms with van der Waals surface area (Å²) in [5, 5.41) is 0. The molecule has 2 aliphatic heterocycles. The lowest BCUT2D eigenvalue weighted by Gasteiger charge is -2.29. The molecule has 35 heavy (non-hydrogen) atoms. The first kappa shape index (κ1) is 25.0. The Bertz CT molecular complexity index is 1030. The molecule has 0 spiro atoms. The Balaban J connectivity index is 1.30. The zero-order valence-corrected chi connectivity index (χ0v) is 20.5. The highest BCUT2D eigenvalue weighted by molar-refractivity contribution is 5.76. The average Bonchev–Trinajstić information content (AvgIpc) is 3.33. The molecule has 2 fully saturated rings. The quantitative estimate of drug-likeness (QED) is 0.523. The molecular weight excluding hydrogens is 451 g/mol. The van der Waals surface area contributed by atoms with Crippen molar-refractivity contribution in [3.05, 3.63) is 65.7 Å². The summed E-state index contributed by atoms with van der Waals surface area (Å²) in [5.74, 6) is 0.385. The second kappa shape index (κ2) is 10.2. The van der Waals surface area contributed by atoms with Crippen molar-refractivity contribution in [2.45, 2.75) is 45.2 Å². The third-order valence-corrected chi connectivity index (χ3v) is 6.80. The minimum Gasteiger partial charge on any atom is -0.497 e. The first-order valence-corrected chi connectivity index (χ1v) is 11.9. The van der Waals surface area contributed by atoms with Gasteiger partial charge in [-0.2, -0.15) is 0 Å². The van der Waals surface area contributed by atoms with Crippen molar-refractivity contribution in [3.63, 3.8) is 0 Å². The van der Waals surface area contributed by atoms with Crippen LogP contribution in [0.4, 0.5) is 9.18 Å². The van der Waals surface area contributed by atoms with Crippen molar-refractivity contribution >= 4 is 12.1 Å². The number of nitrogens with zero attached hydrogens (tertiary/aromatic N) is 2. The van der Waals surface area contributed by atoms with Crippen LogP contribution in [0.3, 0.4) is 0 Å². The number of esters is 1. The van der Waals surface area contributed by atoms with Crippen LogP contribution in [0.5, 0.6) is 5.75 Å². The molecule has 2 aromatic rings. The SMILES string of the molecule is COc1ccc(COC(=O)C(C)(C)CN2C[C@@H]3N(C(=O)OCc4ccccc4)CC[C@]3(F)C2)cc1. The van der Waals surface area contributed by atoms with E-state index in [0.29, 0.717) is 19.6 Å². The fraction of sp³-hybridized carbons (Fsp3) is 0.481. The number of carbonyl (C=O) groups is 2. The number of hydrogen-bond acceptors (Lipinski definition) is 6. The average molecular weight is 485 g/mol. The van der Waals surface area contributed by atoms with Crippen LogP contribution < -0.4 is 4.74 Å². The summed E-state index contributed by atoms with van der Waals surface area (Å²) < 4.78 is 31.8. The van der Waals surface area contributed by atoms with E-state index in [0.717, 1.165) is 16.9 Å². The molecule has 2 atom stereocenters. The molecule has 4 rings (SSSR count). The molecule has 2 saturated heterocycles. The smallest absolute Gasteiger partial charge is 0.410 e. The molecule has 0 unspecified atom stereocenters. The number of rotatable bonds is 8. The lowest BCUT2D eigenvalue weighted by atomic mass is 9.93. The Morgan fingerprint density at radius 3 is 2.37 bits per heavy atom. The molecule has 0 saturated carbocycles. The molecular formula is C27H33FN2O5. The number of benzene rings is 2. The minimum absolute atomic E-state index is 0.152. The maximum absolute atomic E-state index is 15.7. The zero-order chi connectivity index (χ0) is 25.1. The first-order valence-electron chi connectivity index (χ1n) is 11.9. The van der Waals surface area contributed by atoms with Crippen molar-refractivity contribution in [3.8, 4) is 5.75 Å². The standard InChI is InChI=1S/C27H33FN2O5/c1-26(2,24(31)34-16-21-9-11-22(33-3)12-10-21)18-29-15-23-27(28,19-29)13-14-30(23)25(32)35-17-20-7-5-4-6-8-20/h4-12,23H,13-19H2,1-3H3/t23-,27-/m0/s1. The van der Waals surface area contributed by atoms with Crippen LogP contribution in [-0.2, 0) is 27.5 Å². The van der Waals surface area contributed by atoms with Crippen LogP contribution in [-0.4, -0.2) is 66.9 Å². The number of alkyl halides is 1. The monoisotopic (exact) mass is 484 g/mol. The lowest BCUT2D eigenvalue weighted by molar-refractivity contribution is -0.156. The predicted molar refractivity (Wildman–Crippen MR) is 129 cm³/mol. The van der Waals surface area contributed by atoms with Gasteiger partial charge in [-0.05, 0) is 37.1 Å². The maximum Gasteiger partial charge on any atom is 0.410 e. The molecule has 2 heterocycles. The molecule has 0 aromatic heterocycles. The van der Waals surface area contributed by atoms with Gasteiger partial charge >= 0.3 is 12.1 Å². The molecule has 188 valence electrons. The van der Waals surface area contributed by atoms with Gasteiger partial charge in [0, 0.05) is 32.6 Å². The van der Waals surface area contributed by atoms with E-state index in [-0.39, 0.29) is 32.1 Å². The molecule has 1 amide bonds. The van der Waals surface area contributed by atoms with Gasteiger partial charge < -0.3 is 19.1 Å². The van der Waals surface area contributed by atoms with Gasteiger partial charge in [0.2, 0.25) is 0 Å². The van der Waals surface area contributed by atoms with Gasteiger partial charge in [-0.15, -0.1) is 0 Å². The van der Waals surface area contributed by atoms with Gasteiger partial charge in [-0.3, -0.25) is 9.69 Å². The lowest BCUT2D eigenvalue weighted by Crippen LogP contribution is -2.44. The summed E-state index contributed by atoms with van der Waals surface area (Å²) in [4.78, 5) is 28.9. The van der Waals surface area contributed by atoms with Crippen LogP contribution >= 0.6 is 0 Å². The highest BCUT2D eigenvalue weighted by atomic mass is 19.1.